The number of nitrogens with zero attached hydrogens (tertiary/aromatic N) is 4. The molecule has 0 radical (unpaired) electrons. The van der Waals surface area contributed by atoms with Crippen molar-refractivity contribution >= 4 is 5.91 Å². The van der Waals surface area contributed by atoms with E-state index < -0.39 is 0 Å². The number of methoxy groups -OCH3 is 1. The van der Waals surface area contributed by atoms with Crippen LogP contribution >= 0.6 is 0 Å². The number of rotatable bonds is 8. The lowest BCUT2D eigenvalue weighted by Crippen LogP contribution is -2.27. The number of pyridine rings is 1. The lowest BCUT2D eigenvalue weighted by Gasteiger charge is -2.15. The van der Waals surface area contributed by atoms with Gasteiger partial charge in [0.2, 0.25) is 0 Å². The maximum absolute atomic E-state index is 12.9. The minimum absolute atomic E-state index is 0.249. The fourth-order valence-electron chi connectivity index (χ4n) is 3.37. The van der Waals surface area contributed by atoms with Crippen molar-refractivity contribution in [1.82, 2.24) is 25.3 Å². The van der Waals surface area contributed by atoms with E-state index >= 15 is 0 Å². The van der Waals surface area contributed by atoms with E-state index in [1.807, 2.05) is 80.6 Å². The average molecular weight is 444 g/mol. The molecule has 8 nitrogen and oxygen atoms in total. The van der Waals surface area contributed by atoms with Crippen molar-refractivity contribution < 1.29 is 14.3 Å². The van der Waals surface area contributed by atoms with Gasteiger partial charge in [0.1, 0.15) is 18.1 Å². The van der Waals surface area contributed by atoms with Crippen LogP contribution in [0.25, 0.3) is 5.69 Å². The van der Waals surface area contributed by atoms with Gasteiger partial charge >= 0.3 is 0 Å². The second kappa shape index (κ2) is 9.95. The Labute approximate surface area is 192 Å². The monoisotopic (exact) mass is 443 g/mol. The molecule has 4 rings (SSSR count). The Hall–Kier alpha value is -4.20. The lowest BCUT2D eigenvalue weighted by atomic mass is 10.1. The van der Waals surface area contributed by atoms with Crippen LogP contribution in [0.5, 0.6) is 11.5 Å². The molecule has 2 aromatic carbocycles. The molecule has 1 amide bonds. The minimum Gasteiger partial charge on any atom is -0.497 e. The summed E-state index contributed by atoms with van der Waals surface area (Å²) in [6, 6.07) is 20.5. The third-order valence-electron chi connectivity index (χ3n) is 5.25. The van der Waals surface area contributed by atoms with Gasteiger partial charge in [-0.15, -0.1) is 5.10 Å². The van der Waals surface area contributed by atoms with E-state index in [4.69, 9.17) is 9.47 Å². The topological polar surface area (TPSA) is 91.2 Å². The molecule has 1 unspecified atom stereocenters. The number of ether oxygens (including phenoxy) is 2. The van der Waals surface area contributed by atoms with Crippen LogP contribution in [0.3, 0.4) is 0 Å². The van der Waals surface area contributed by atoms with E-state index in [1.165, 1.54) is 0 Å². The molecule has 0 aliphatic carbocycles. The van der Waals surface area contributed by atoms with E-state index in [1.54, 1.807) is 18.0 Å². The molecule has 1 N–H and O–H groups in total. The highest BCUT2D eigenvalue weighted by Gasteiger charge is 2.20. The number of benzene rings is 2. The summed E-state index contributed by atoms with van der Waals surface area (Å²) in [5.41, 5.74) is 3.49. The largest absolute Gasteiger partial charge is 0.497 e. The van der Waals surface area contributed by atoms with Gasteiger partial charge in [0.15, 0.2) is 5.69 Å². The molecule has 0 bridgehead atoms. The summed E-state index contributed by atoms with van der Waals surface area (Å²) in [6.45, 7) is 4.10. The average Bonchev–Trinajstić information content (AvgIpc) is 3.25. The van der Waals surface area contributed by atoms with Crippen LogP contribution in [0, 0.1) is 6.92 Å². The molecule has 0 aliphatic rings. The molecule has 4 aromatic rings. The first-order valence-corrected chi connectivity index (χ1v) is 10.6. The third kappa shape index (κ3) is 5.17. The Balaban J connectivity index is 1.43. The van der Waals surface area contributed by atoms with Crippen LogP contribution in [0.2, 0.25) is 0 Å². The van der Waals surface area contributed by atoms with Gasteiger partial charge in [-0.25, -0.2) is 4.68 Å². The standard InChI is InChI=1S/C25H25N5O3/c1-17(19-7-6-9-23(15-19)33-16-20-8-4-5-14-26-20)27-25(31)24-18(2)30(29-28-24)21-10-12-22(32-3)13-11-21/h4-15,17H,16H2,1-3H3,(H,27,31). The van der Waals surface area contributed by atoms with Gasteiger partial charge in [-0.05, 0) is 67.9 Å². The zero-order chi connectivity index (χ0) is 23.2. The molecule has 0 aliphatic heterocycles. The summed E-state index contributed by atoms with van der Waals surface area (Å²) >= 11 is 0. The predicted molar refractivity (Wildman–Crippen MR) is 124 cm³/mol. The van der Waals surface area contributed by atoms with Crippen molar-refractivity contribution in [2.45, 2.75) is 26.5 Å². The highest BCUT2D eigenvalue weighted by atomic mass is 16.5. The van der Waals surface area contributed by atoms with Crippen molar-refractivity contribution in [1.29, 1.82) is 0 Å². The van der Waals surface area contributed by atoms with Gasteiger partial charge < -0.3 is 14.8 Å². The Bertz CT molecular complexity index is 1220. The molecule has 0 fully saturated rings. The second-order valence-corrected chi connectivity index (χ2v) is 7.51. The molecule has 2 aromatic heterocycles. The van der Waals surface area contributed by atoms with Gasteiger partial charge in [-0.2, -0.15) is 0 Å². The van der Waals surface area contributed by atoms with Crippen molar-refractivity contribution in [3.05, 3.63) is 95.6 Å². The molecule has 8 heteroatoms. The lowest BCUT2D eigenvalue weighted by molar-refractivity contribution is 0.0934. The molecule has 1 atom stereocenters. The second-order valence-electron chi connectivity index (χ2n) is 7.51. The third-order valence-corrected chi connectivity index (χ3v) is 5.25. The Morgan fingerprint density at radius 1 is 1.06 bits per heavy atom. The van der Waals surface area contributed by atoms with E-state index in [0.29, 0.717) is 18.1 Å². The minimum atomic E-state index is -0.292. The zero-order valence-electron chi connectivity index (χ0n) is 18.7. The first-order chi connectivity index (χ1) is 16.0. The number of hydrogen-bond acceptors (Lipinski definition) is 6. The number of aromatic nitrogens is 4. The van der Waals surface area contributed by atoms with Crippen molar-refractivity contribution in [2.24, 2.45) is 0 Å². The van der Waals surface area contributed by atoms with Crippen LogP contribution in [0.1, 0.15) is 40.4 Å². The fraction of sp³-hybridized carbons (Fsp3) is 0.200. The summed E-state index contributed by atoms with van der Waals surface area (Å²) in [5.74, 6) is 1.16. The van der Waals surface area contributed by atoms with Crippen LogP contribution in [-0.4, -0.2) is 33.0 Å². The van der Waals surface area contributed by atoms with Crippen molar-refractivity contribution in [3.8, 4) is 17.2 Å². The van der Waals surface area contributed by atoms with Crippen molar-refractivity contribution in [3.63, 3.8) is 0 Å². The number of carbonyl (C=O) groups excluding carboxylic acids is 1. The maximum Gasteiger partial charge on any atom is 0.274 e. The zero-order valence-corrected chi connectivity index (χ0v) is 18.7. The maximum atomic E-state index is 12.9. The summed E-state index contributed by atoms with van der Waals surface area (Å²) in [4.78, 5) is 17.2. The number of nitrogens with one attached hydrogen (secondary N) is 1. The van der Waals surface area contributed by atoms with E-state index in [2.05, 4.69) is 20.6 Å². The first-order valence-electron chi connectivity index (χ1n) is 10.6. The Morgan fingerprint density at radius 3 is 2.61 bits per heavy atom. The van der Waals surface area contributed by atoms with Crippen molar-refractivity contribution in [2.75, 3.05) is 7.11 Å². The molecule has 0 saturated heterocycles. The number of hydrogen-bond donors (Lipinski definition) is 1. The summed E-state index contributed by atoms with van der Waals surface area (Å²) < 4.78 is 12.7. The first kappa shape index (κ1) is 22.0. The fourth-order valence-corrected chi connectivity index (χ4v) is 3.37. The van der Waals surface area contributed by atoms with Gasteiger partial charge in [-0.3, -0.25) is 9.78 Å². The molecular weight excluding hydrogens is 418 g/mol. The van der Waals surface area contributed by atoms with Crippen LogP contribution in [0.4, 0.5) is 0 Å². The molecule has 168 valence electrons. The molecular formula is C25H25N5O3. The van der Waals surface area contributed by atoms with Gasteiger partial charge in [0.05, 0.1) is 30.2 Å². The van der Waals surface area contributed by atoms with Crippen LogP contribution in [0.15, 0.2) is 72.9 Å². The Morgan fingerprint density at radius 2 is 1.88 bits per heavy atom. The summed E-state index contributed by atoms with van der Waals surface area (Å²) in [6.07, 6.45) is 1.74. The van der Waals surface area contributed by atoms with Gasteiger partial charge in [0.25, 0.3) is 5.91 Å². The normalized spacial score (nSPS) is 11.6. The van der Waals surface area contributed by atoms with E-state index in [-0.39, 0.29) is 17.6 Å². The van der Waals surface area contributed by atoms with E-state index in [9.17, 15) is 4.79 Å². The molecule has 0 saturated carbocycles. The molecule has 0 spiro atoms. The van der Waals surface area contributed by atoms with Gasteiger partial charge in [0, 0.05) is 6.20 Å². The molecule has 33 heavy (non-hydrogen) atoms. The smallest absolute Gasteiger partial charge is 0.274 e. The molecule has 2 heterocycles. The number of carbonyl (C=O) groups is 1. The quantitative estimate of drug-likeness (QED) is 0.442. The SMILES string of the molecule is COc1ccc(-n2nnc(C(=O)NC(C)c3cccc(OCc4ccccn4)c3)c2C)cc1. The number of amides is 1. The highest BCUT2D eigenvalue weighted by molar-refractivity contribution is 5.93. The van der Waals surface area contributed by atoms with E-state index in [0.717, 1.165) is 22.7 Å². The van der Waals surface area contributed by atoms with Crippen LogP contribution < -0.4 is 14.8 Å². The summed E-state index contributed by atoms with van der Waals surface area (Å²) in [7, 11) is 1.61. The predicted octanol–water partition coefficient (Wildman–Crippen LogP) is 4.05. The van der Waals surface area contributed by atoms with Gasteiger partial charge in [-0.1, -0.05) is 23.4 Å². The Kier molecular flexibility index (Phi) is 6.64. The van der Waals surface area contributed by atoms with Crippen LogP contribution in [-0.2, 0) is 6.61 Å². The summed E-state index contributed by atoms with van der Waals surface area (Å²) in [5, 5.41) is 11.2. The highest BCUT2D eigenvalue weighted by Crippen LogP contribution is 2.21.